The first-order chi connectivity index (χ1) is 15.0. The monoisotopic (exact) mass is 435 g/mol. The fraction of sp³-hybridized carbons (Fsp3) is 0.174. The van der Waals surface area contributed by atoms with E-state index in [1.807, 2.05) is 36.4 Å². The number of methoxy groups -OCH3 is 2. The topological polar surface area (TPSA) is 82.4 Å². The normalized spacial score (nSPS) is 11.8. The van der Waals surface area contributed by atoms with Crippen molar-refractivity contribution in [3.8, 4) is 21.9 Å². The van der Waals surface area contributed by atoms with E-state index >= 15 is 0 Å². The molecule has 0 aliphatic carbocycles. The zero-order valence-corrected chi connectivity index (χ0v) is 18.1. The van der Waals surface area contributed by atoms with Gasteiger partial charge in [0, 0.05) is 10.9 Å². The van der Waals surface area contributed by atoms with Gasteiger partial charge >= 0.3 is 0 Å². The molecule has 0 saturated carbocycles. The number of hydrogen-bond donors (Lipinski definition) is 1. The maximum Gasteiger partial charge on any atom is 0.262 e. The predicted octanol–water partition coefficient (Wildman–Crippen LogP) is 4.34. The molecule has 2 aromatic heterocycles. The summed E-state index contributed by atoms with van der Waals surface area (Å²) < 4.78 is 11.9. The van der Waals surface area contributed by atoms with Crippen molar-refractivity contribution in [2.45, 2.75) is 13.0 Å². The molecule has 0 saturated heterocycles. The van der Waals surface area contributed by atoms with Crippen LogP contribution in [0.15, 0.2) is 65.7 Å². The third kappa shape index (κ3) is 4.02. The highest BCUT2D eigenvalue weighted by Crippen LogP contribution is 2.31. The highest BCUT2D eigenvalue weighted by molar-refractivity contribution is 7.21. The third-order valence-electron chi connectivity index (χ3n) is 5.00. The molecule has 1 amide bonds. The van der Waals surface area contributed by atoms with Gasteiger partial charge in [-0.25, -0.2) is 4.98 Å². The van der Waals surface area contributed by atoms with Gasteiger partial charge in [-0.3, -0.25) is 14.2 Å². The van der Waals surface area contributed by atoms with Gasteiger partial charge in [0.05, 0.1) is 31.6 Å². The van der Waals surface area contributed by atoms with Gasteiger partial charge in [-0.15, -0.1) is 11.3 Å². The number of thiophene rings is 1. The molecule has 4 aromatic rings. The van der Waals surface area contributed by atoms with Crippen molar-refractivity contribution < 1.29 is 14.3 Å². The first-order valence-corrected chi connectivity index (χ1v) is 10.4. The van der Waals surface area contributed by atoms with Gasteiger partial charge in [-0.05, 0) is 30.7 Å². The number of amides is 1. The highest BCUT2D eigenvalue weighted by atomic mass is 32.1. The van der Waals surface area contributed by atoms with Crippen LogP contribution in [0.2, 0.25) is 0 Å². The summed E-state index contributed by atoms with van der Waals surface area (Å²) in [5.74, 6) is 0.705. The lowest BCUT2D eigenvalue weighted by Gasteiger charge is -2.16. The van der Waals surface area contributed by atoms with Crippen molar-refractivity contribution >= 4 is 33.1 Å². The van der Waals surface area contributed by atoms with E-state index in [1.165, 1.54) is 29.3 Å². The number of ether oxygens (including phenoxy) is 2. The van der Waals surface area contributed by atoms with Gasteiger partial charge in [0.1, 0.15) is 22.4 Å². The molecule has 2 heterocycles. The van der Waals surface area contributed by atoms with E-state index < -0.39 is 6.04 Å². The smallest absolute Gasteiger partial charge is 0.262 e. The SMILES string of the molecule is COc1ccc(OC)c(NC(=O)C(C)n2cnc3sc(-c4ccccc4)cc3c2=O)c1. The number of rotatable bonds is 6. The molecule has 0 radical (unpaired) electrons. The average molecular weight is 436 g/mol. The Morgan fingerprint density at radius 1 is 1.10 bits per heavy atom. The molecule has 1 N–H and O–H groups in total. The minimum absolute atomic E-state index is 0.260. The number of benzene rings is 2. The van der Waals surface area contributed by atoms with Gasteiger partial charge in [0.2, 0.25) is 5.91 Å². The number of carbonyl (C=O) groups excluding carboxylic acids is 1. The minimum atomic E-state index is -0.777. The van der Waals surface area contributed by atoms with Crippen molar-refractivity contribution in [3.05, 3.63) is 71.3 Å². The number of carbonyl (C=O) groups is 1. The molecular formula is C23H21N3O4S. The molecule has 31 heavy (non-hydrogen) atoms. The van der Waals surface area contributed by atoms with Crippen LogP contribution in [-0.2, 0) is 4.79 Å². The van der Waals surface area contributed by atoms with Gasteiger partial charge in [-0.2, -0.15) is 0 Å². The number of hydrogen-bond acceptors (Lipinski definition) is 6. The molecule has 1 unspecified atom stereocenters. The average Bonchev–Trinajstić information content (AvgIpc) is 3.25. The van der Waals surface area contributed by atoms with E-state index in [2.05, 4.69) is 10.3 Å². The Bertz CT molecular complexity index is 1300. The number of nitrogens with zero attached hydrogens (tertiary/aromatic N) is 2. The maximum absolute atomic E-state index is 13.1. The first-order valence-electron chi connectivity index (χ1n) is 9.61. The van der Waals surface area contributed by atoms with E-state index in [9.17, 15) is 9.59 Å². The molecule has 0 aliphatic heterocycles. The van der Waals surface area contributed by atoms with E-state index in [1.54, 1.807) is 32.2 Å². The van der Waals surface area contributed by atoms with Crippen LogP contribution in [0.1, 0.15) is 13.0 Å². The lowest BCUT2D eigenvalue weighted by Crippen LogP contribution is -2.31. The summed E-state index contributed by atoms with van der Waals surface area (Å²) in [6.45, 7) is 1.65. The summed E-state index contributed by atoms with van der Waals surface area (Å²) in [7, 11) is 3.06. The third-order valence-corrected chi connectivity index (χ3v) is 6.09. The van der Waals surface area contributed by atoms with Crippen LogP contribution in [-0.4, -0.2) is 29.7 Å². The van der Waals surface area contributed by atoms with Crippen molar-refractivity contribution in [1.29, 1.82) is 0 Å². The van der Waals surface area contributed by atoms with Gasteiger partial charge in [0.25, 0.3) is 5.56 Å². The summed E-state index contributed by atoms with van der Waals surface area (Å²) in [5.41, 5.74) is 1.22. The number of aromatic nitrogens is 2. The summed E-state index contributed by atoms with van der Waals surface area (Å²) in [4.78, 5) is 32.0. The van der Waals surface area contributed by atoms with Crippen LogP contribution in [0.25, 0.3) is 20.7 Å². The Hall–Kier alpha value is -3.65. The number of fused-ring (bicyclic) bond motifs is 1. The lowest BCUT2D eigenvalue weighted by atomic mass is 10.2. The van der Waals surface area contributed by atoms with E-state index in [-0.39, 0.29) is 11.5 Å². The van der Waals surface area contributed by atoms with Crippen molar-refractivity contribution in [1.82, 2.24) is 9.55 Å². The molecule has 0 aliphatic rings. The Balaban J connectivity index is 1.65. The summed E-state index contributed by atoms with van der Waals surface area (Å²) in [6, 6.07) is 16.0. The second-order valence-electron chi connectivity index (χ2n) is 6.88. The quantitative estimate of drug-likeness (QED) is 0.487. The standard InChI is InChI=1S/C23H21N3O4S/c1-14(21(27)25-18-11-16(29-2)9-10-19(18)30-3)26-13-24-22-17(23(26)28)12-20(31-22)15-7-5-4-6-8-15/h4-14H,1-3H3,(H,25,27). The minimum Gasteiger partial charge on any atom is -0.497 e. The summed E-state index contributed by atoms with van der Waals surface area (Å²) in [6.07, 6.45) is 1.42. The Labute approximate surface area is 182 Å². The van der Waals surface area contributed by atoms with Crippen LogP contribution in [0.3, 0.4) is 0 Å². The molecule has 4 rings (SSSR count). The molecule has 2 aromatic carbocycles. The molecule has 0 bridgehead atoms. The molecule has 8 heteroatoms. The largest absolute Gasteiger partial charge is 0.497 e. The second-order valence-corrected chi connectivity index (χ2v) is 7.91. The predicted molar refractivity (Wildman–Crippen MR) is 122 cm³/mol. The Morgan fingerprint density at radius 2 is 1.87 bits per heavy atom. The van der Waals surface area contributed by atoms with Crippen LogP contribution >= 0.6 is 11.3 Å². The zero-order valence-electron chi connectivity index (χ0n) is 17.3. The Kier molecular flexibility index (Phi) is 5.73. The summed E-state index contributed by atoms with van der Waals surface area (Å²) >= 11 is 1.45. The first kappa shape index (κ1) is 20.6. The van der Waals surface area contributed by atoms with Gasteiger partial charge < -0.3 is 14.8 Å². The van der Waals surface area contributed by atoms with Crippen molar-refractivity contribution in [2.24, 2.45) is 0 Å². The van der Waals surface area contributed by atoms with Gasteiger partial charge in [0.15, 0.2) is 0 Å². The molecule has 7 nitrogen and oxygen atoms in total. The van der Waals surface area contributed by atoms with E-state index in [0.717, 1.165) is 10.4 Å². The van der Waals surface area contributed by atoms with Crippen LogP contribution in [0.5, 0.6) is 11.5 Å². The van der Waals surface area contributed by atoms with E-state index in [0.29, 0.717) is 27.4 Å². The molecule has 0 fully saturated rings. The van der Waals surface area contributed by atoms with Crippen LogP contribution < -0.4 is 20.3 Å². The number of nitrogens with one attached hydrogen (secondary N) is 1. The maximum atomic E-state index is 13.1. The van der Waals surface area contributed by atoms with Crippen molar-refractivity contribution in [2.75, 3.05) is 19.5 Å². The lowest BCUT2D eigenvalue weighted by molar-refractivity contribution is -0.118. The molecule has 0 spiro atoms. The summed E-state index contributed by atoms with van der Waals surface area (Å²) in [5, 5.41) is 3.30. The van der Waals surface area contributed by atoms with Crippen LogP contribution in [0.4, 0.5) is 5.69 Å². The molecular weight excluding hydrogens is 414 g/mol. The number of anilines is 1. The second kappa shape index (κ2) is 8.61. The highest BCUT2D eigenvalue weighted by Gasteiger charge is 2.20. The fourth-order valence-corrected chi connectivity index (χ4v) is 4.23. The van der Waals surface area contributed by atoms with Crippen LogP contribution in [0, 0.1) is 0 Å². The molecule has 158 valence electrons. The zero-order chi connectivity index (χ0) is 22.0. The Morgan fingerprint density at radius 3 is 2.58 bits per heavy atom. The molecule has 1 atom stereocenters. The van der Waals surface area contributed by atoms with E-state index in [4.69, 9.17) is 9.47 Å². The van der Waals surface area contributed by atoms with Gasteiger partial charge in [-0.1, -0.05) is 30.3 Å². The van der Waals surface area contributed by atoms with Crippen molar-refractivity contribution in [3.63, 3.8) is 0 Å². The fourth-order valence-electron chi connectivity index (χ4n) is 3.23.